The van der Waals surface area contributed by atoms with Crippen LogP contribution in [0.3, 0.4) is 0 Å². The van der Waals surface area contributed by atoms with Crippen LogP contribution in [0.4, 0.5) is 11.5 Å². The number of benzene rings is 1. The smallest absolute Gasteiger partial charge is 0.349 e. The van der Waals surface area contributed by atoms with Crippen molar-refractivity contribution in [2.45, 2.75) is 6.54 Å². The molecule has 0 spiro atoms. The molecule has 0 saturated carbocycles. The lowest BCUT2D eigenvalue weighted by Crippen LogP contribution is -2.23. The first-order chi connectivity index (χ1) is 8.56. The van der Waals surface area contributed by atoms with Gasteiger partial charge in [-0.2, -0.15) is 4.98 Å². The molecule has 0 amide bonds. The van der Waals surface area contributed by atoms with Gasteiger partial charge in [-0.05, 0) is 11.6 Å². The number of rotatable bonds is 3. The van der Waals surface area contributed by atoms with Crippen molar-refractivity contribution in [2.24, 2.45) is 0 Å². The van der Waals surface area contributed by atoms with E-state index in [0.29, 0.717) is 6.54 Å². The molecule has 1 aromatic heterocycles. The van der Waals surface area contributed by atoms with Gasteiger partial charge in [0.25, 0.3) is 5.69 Å². The third-order valence-corrected chi connectivity index (χ3v) is 2.40. The molecular formula is C11H10N4O3. The zero-order chi connectivity index (χ0) is 13.1. The molecule has 7 heteroatoms. The summed E-state index contributed by atoms with van der Waals surface area (Å²) in [5, 5.41) is 10.5. The van der Waals surface area contributed by atoms with Crippen LogP contribution in [-0.4, -0.2) is 14.5 Å². The molecule has 0 aliphatic rings. The summed E-state index contributed by atoms with van der Waals surface area (Å²) in [7, 11) is 0. The van der Waals surface area contributed by atoms with Crippen molar-refractivity contribution in [3.63, 3.8) is 0 Å². The number of nitro benzene ring substituents is 1. The van der Waals surface area contributed by atoms with E-state index >= 15 is 0 Å². The van der Waals surface area contributed by atoms with Crippen LogP contribution in [0.25, 0.3) is 0 Å². The number of aromatic nitrogens is 2. The van der Waals surface area contributed by atoms with E-state index in [2.05, 4.69) is 4.98 Å². The lowest BCUT2D eigenvalue weighted by atomic mass is 10.2. The average Bonchev–Trinajstić information content (AvgIpc) is 2.33. The summed E-state index contributed by atoms with van der Waals surface area (Å²) in [5.41, 5.74) is 5.71. The van der Waals surface area contributed by atoms with Gasteiger partial charge >= 0.3 is 5.69 Å². The van der Waals surface area contributed by atoms with E-state index in [4.69, 9.17) is 5.73 Å². The third kappa shape index (κ3) is 2.51. The topological polar surface area (TPSA) is 104 Å². The third-order valence-electron chi connectivity index (χ3n) is 2.40. The van der Waals surface area contributed by atoms with Crippen LogP contribution in [0.5, 0.6) is 0 Å². The van der Waals surface area contributed by atoms with Gasteiger partial charge in [0, 0.05) is 18.3 Å². The normalized spacial score (nSPS) is 10.2. The summed E-state index contributed by atoms with van der Waals surface area (Å²) < 4.78 is 1.37. The molecule has 1 heterocycles. The van der Waals surface area contributed by atoms with Crippen molar-refractivity contribution in [3.8, 4) is 0 Å². The fourth-order valence-corrected chi connectivity index (χ4v) is 1.48. The highest BCUT2D eigenvalue weighted by Gasteiger charge is 2.05. The number of nitrogens with two attached hydrogens (primary N) is 1. The molecule has 0 saturated heterocycles. The van der Waals surface area contributed by atoms with Crippen LogP contribution in [-0.2, 0) is 6.54 Å². The standard InChI is InChI=1S/C11H10N4O3/c12-10-5-6-14(11(16)13-10)7-8-1-3-9(4-2-8)15(17)18/h1-6H,7H2,(H2,12,13,16). The molecule has 18 heavy (non-hydrogen) atoms. The Morgan fingerprint density at radius 2 is 1.94 bits per heavy atom. The molecule has 2 rings (SSSR count). The van der Waals surface area contributed by atoms with Gasteiger partial charge in [0.1, 0.15) is 5.82 Å². The fourth-order valence-electron chi connectivity index (χ4n) is 1.48. The molecule has 0 aliphatic carbocycles. The minimum atomic E-state index is -0.472. The highest BCUT2D eigenvalue weighted by Crippen LogP contribution is 2.12. The van der Waals surface area contributed by atoms with Gasteiger partial charge < -0.3 is 5.73 Å². The molecule has 0 radical (unpaired) electrons. The second-order valence-electron chi connectivity index (χ2n) is 3.69. The Morgan fingerprint density at radius 1 is 1.28 bits per heavy atom. The first-order valence-corrected chi connectivity index (χ1v) is 5.12. The van der Waals surface area contributed by atoms with Crippen molar-refractivity contribution in [1.29, 1.82) is 0 Å². The number of hydrogen-bond acceptors (Lipinski definition) is 5. The van der Waals surface area contributed by atoms with Crippen LogP contribution in [0, 0.1) is 10.1 Å². The molecular weight excluding hydrogens is 236 g/mol. The quantitative estimate of drug-likeness (QED) is 0.636. The first kappa shape index (κ1) is 11.8. The van der Waals surface area contributed by atoms with Gasteiger partial charge in [-0.1, -0.05) is 12.1 Å². The van der Waals surface area contributed by atoms with Gasteiger partial charge in [-0.15, -0.1) is 0 Å². The van der Waals surface area contributed by atoms with Gasteiger partial charge in [0.05, 0.1) is 11.5 Å². The van der Waals surface area contributed by atoms with Gasteiger partial charge in [0.15, 0.2) is 0 Å². The molecule has 0 bridgehead atoms. The lowest BCUT2D eigenvalue weighted by molar-refractivity contribution is -0.384. The minimum Gasteiger partial charge on any atom is -0.383 e. The maximum Gasteiger partial charge on any atom is 0.349 e. The number of nitrogen functional groups attached to an aromatic ring is 1. The molecule has 1 aromatic carbocycles. The van der Waals surface area contributed by atoms with Crippen molar-refractivity contribution in [3.05, 3.63) is 62.7 Å². The van der Waals surface area contributed by atoms with E-state index < -0.39 is 10.6 Å². The summed E-state index contributed by atoms with van der Waals surface area (Å²) in [4.78, 5) is 25.1. The zero-order valence-electron chi connectivity index (χ0n) is 9.31. The van der Waals surface area contributed by atoms with E-state index in [1.165, 1.54) is 29.0 Å². The number of hydrogen-bond donors (Lipinski definition) is 1. The molecule has 0 aliphatic heterocycles. The predicted molar refractivity (Wildman–Crippen MR) is 65.1 cm³/mol. The Bertz CT molecular complexity index is 633. The molecule has 2 aromatic rings. The molecule has 92 valence electrons. The van der Waals surface area contributed by atoms with Crippen LogP contribution in [0.15, 0.2) is 41.3 Å². The van der Waals surface area contributed by atoms with E-state index in [9.17, 15) is 14.9 Å². The lowest BCUT2D eigenvalue weighted by Gasteiger charge is -2.04. The van der Waals surface area contributed by atoms with Crippen molar-refractivity contribution < 1.29 is 4.92 Å². The Balaban J connectivity index is 2.23. The van der Waals surface area contributed by atoms with Crippen LogP contribution in [0.1, 0.15) is 5.56 Å². The fraction of sp³-hybridized carbons (Fsp3) is 0.0909. The maximum absolute atomic E-state index is 11.5. The van der Waals surface area contributed by atoms with Crippen LogP contribution < -0.4 is 11.4 Å². The van der Waals surface area contributed by atoms with Crippen molar-refractivity contribution in [1.82, 2.24) is 9.55 Å². The Morgan fingerprint density at radius 3 is 2.50 bits per heavy atom. The van der Waals surface area contributed by atoms with Gasteiger partial charge in [-0.3, -0.25) is 14.7 Å². The summed E-state index contributed by atoms with van der Waals surface area (Å²) in [6.07, 6.45) is 1.53. The number of nitrogens with zero attached hydrogens (tertiary/aromatic N) is 3. The van der Waals surface area contributed by atoms with Crippen LogP contribution >= 0.6 is 0 Å². The molecule has 2 N–H and O–H groups in total. The Hall–Kier alpha value is -2.70. The highest BCUT2D eigenvalue weighted by atomic mass is 16.6. The average molecular weight is 246 g/mol. The first-order valence-electron chi connectivity index (χ1n) is 5.12. The second-order valence-corrected chi connectivity index (χ2v) is 3.69. The molecule has 0 unspecified atom stereocenters. The number of nitro groups is 1. The Labute approximate surface area is 102 Å². The number of non-ortho nitro benzene ring substituents is 1. The summed E-state index contributed by atoms with van der Waals surface area (Å²) in [6.45, 7) is 0.296. The maximum atomic E-state index is 11.5. The molecule has 0 atom stereocenters. The summed E-state index contributed by atoms with van der Waals surface area (Å²) in [6, 6.07) is 7.50. The zero-order valence-corrected chi connectivity index (χ0v) is 9.31. The van der Waals surface area contributed by atoms with E-state index in [-0.39, 0.29) is 11.5 Å². The number of anilines is 1. The monoisotopic (exact) mass is 246 g/mol. The van der Waals surface area contributed by atoms with E-state index in [0.717, 1.165) is 5.56 Å². The van der Waals surface area contributed by atoms with Crippen molar-refractivity contribution >= 4 is 11.5 Å². The molecule has 7 nitrogen and oxygen atoms in total. The van der Waals surface area contributed by atoms with E-state index in [1.54, 1.807) is 12.1 Å². The predicted octanol–water partition coefficient (Wildman–Crippen LogP) is 0.782. The Kier molecular flexibility index (Phi) is 3.05. The van der Waals surface area contributed by atoms with Crippen LogP contribution in [0.2, 0.25) is 0 Å². The van der Waals surface area contributed by atoms with Crippen molar-refractivity contribution in [2.75, 3.05) is 5.73 Å². The van der Waals surface area contributed by atoms with Gasteiger partial charge in [0.2, 0.25) is 0 Å². The largest absolute Gasteiger partial charge is 0.383 e. The molecule has 0 fully saturated rings. The van der Waals surface area contributed by atoms with E-state index in [1.807, 2.05) is 0 Å². The second kappa shape index (κ2) is 4.66. The minimum absolute atomic E-state index is 0.0153. The summed E-state index contributed by atoms with van der Waals surface area (Å²) >= 11 is 0. The highest BCUT2D eigenvalue weighted by molar-refractivity contribution is 5.33. The summed E-state index contributed by atoms with van der Waals surface area (Å²) in [5.74, 6) is 0.167. The SMILES string of the molecule is Nc1ccn(Cc2ccc([N+](=O)[O-])cc2)c(=O)n1. The van der Waals surface area contributed by atoms with Gasteiger partial charge in [-0.25, -0.2) is 4.79 Å².